The van der Waals surface area contributed by atoms with Gasteiger partial charge in [0.2, 0.25) is 0 Å². The lowest BCUT2D eigenvalue weighted by molar-refractivity contribution is 1.11. The molecule has 0 spiro atoms. The molecule has 0 radical (unpaired) electrons. The van der Waals surface area contributed by atoms with Crippen LogP contribution in [0.15, 0.2) is 48.7 Å². The van der Waals surface area contributed by atoms with Crippen LogP contribution in [0.5, 0.6) is 0 Å². The Bertz CT molecular complexity index is 653. The van der Waals surface area contributed by atoms with Gasteiger partial charge in [0.05, 0.1) is 5.52 Å². The summed E-state index contributed by atoms with van der Waals surface area (Å²) in [7, 11) is 0. The molecule has 0 saturated heterocycles. The van der Waals surface area contributed by atoms with Crippen molar-refractivity contribution < 1.29 is 0 Å². The lowest BCUT2D eigenvalue weighted by atomic mass is 10.1. The summed E-state index contributed by atoms with van der Waals surface area (Å²) in [6, 6.07) is 14.5. The van der Waals surface area contributed by atoms with Crippen molar-refractivity contribution in [3.8, 4) is 10.4 Å². The second kappa shape index (κ2) is 4.28. The first-order valence-electron chi connectivity index (χ1n) is 5.51. The van der Waals surface area contributed by atoms with E-state index in [1.807, 2.05) is 12.3 Å². The lowest BCUT2D eigenvalue weighted by Crippen LogP contribution is -1.91. The van der Waals surface area contributed by atoms with Gasteiger partial charge in [-0.05, 0) is 18.2 Å². The van der Waals surface area contributed by atoms with Crippen molar-refractivity contribution in [1.82, 2.24) is 4.98 Å². The molecular formula is C14H12N2S. The molecule has 2 aromatic heterocycles. The van der Waals surface area contributed by atoms with Crippen molar-refractivity contribution in [2.75, 3.05) is 0 Å². The van der Waals surface area contributed by atoms with Crippen molar-refractivity contribution in [1.29, 1.82) is 0 Å². The molecule has 0 saturated carbocycles. The standard InChI is InChI=1S/C14H12N2S/c15-9-11-6-7-13(17-11)12-5-1-3-10-4-2-8-16-14(10)12/h1-8H,9,15H2. The van der Waals surface area contributed by atoms with E-state index in [4.69, 9.17) is 5.73 Å². The van der Waals surface area contributed by atoms with Crippen molar-refractivity contribution in [2.24, 2.45) is 5.73 Å². The van der Waals surface area contributed by atoms with Gasteiger partial charge >= 0.3 is 0 Å². The zero-order valence-electron chi connectivity index (χ0n) is 9.26. The molecule has 0 atom stereocenters. The minimum Gasteiger partial charge on any atom is -0.326 e. The SMILES string of the molecule is NCc1ccc(-c2cccc3cccnc23)s1. The van der Waals surface area contributed by atoms with Crippen LogP contribution in [0, 0.1) is 0 Å². The fourth-order valence-electron chi connectivity index (χ4n) is 1.94. The molecule has 3 heteroatoms. The highest BCUT2D eigenvalue weighted by Crippen LogP contribution is 2.32. The third-order valence-electron chi connectivity index (χ3n) is 2.76. The summed E-state index contributed by atoms with van der Waals surface area (Å²) >= 11 is 1.74. The number of fused-ring (bicyclic) bond motifs is 1. The largest absolute Gasteiger partial charge is 0.326 e. The molecule has 2 heterocycles. The first-order valence-corrected chi connectivity index (χ1v) is 6.33. The predicted molar refractivity (Wildman–Crippen MR) is 72.9 cm³/mol. The van der Waals surface area contributed by atoms with E-state index in [0.717, 1.165) is 5.52 Å². The Morgan fingerprint density at radius 1 is 1.06 bits per heavy atom. The van der Waals surface area contributed by atoms with Gasteiger partial charge in [0, 0.05) is 33.4 Å². The number of rotatable bonds is 2. The molecule has 0 aliphatic heterocycles. The third-order valence-corrected chi connectivity index (χ3v) is 3.90. The van der Waals surface area contributed by atoms with E-state index in [9.17, 15) is 0 Å². The van der Waals surface area contributed by atoms with E-state index in [1.54, 1.807) is 11.3 Å². The van der Waals surface area contributed by atoms with Crippen molar-refractivity contribution in [2.45, 2.75) is 6.54 Å². The maximum absolute atomic E-state index is 5.65. The van der Waals surface area contributed by atoms with Gasteiger partial charge in [-0.3, -0.25) is 4.98 Å². The zero-order valence-corrected chi connectivity index (χ0v) is 10.1. The van der Waals surface area contributed by atoms with Gasteiger partial charge in [-0.25, -0.2) is 0 Å². The van der Waals surface area contributed by atoms with E-state index in [2.05, 4.69) is 41.4 Å². The molecule has 2 nitrogen and oxygen atoms in total. The number of nitrogens with two attached hydrogens (primary N) is 1. The van der Waals surface area contributed by atoms with Crippen LogP contribution in [0.2, 0.25) is 0 Å². The predicted octanol–water partition coefficient (Wildman–Crippen LogP) is 3.42. The summed E-state index contributed by atoms with van der Waals surface area (Å²) in [5, 5.41) is 1.17. The fourth-order valence-corrected chi connectivity index (χ4v) is 2.85. The first kappa shape index (κ1) is 10.4. The quantitative estimate of drug-likeness (QED) is 0.745. The molecule has 0 aliphatic rings. The van der Waals surface area contributed by atoms with Crippen LogP contribution in [0.4, 0.5) is 0 Å². The maximum Gasteiger partial charge on any atom is 0.0788 e. The number of para-hydroxylation sites is 1. The molecule has 3 rings (SSSR count). The highest BCUT2D eigenvalue weighted by Gasteiger charge is 2.06. The van der Waals surface area contributed by atoms with Crippen LogP contribution in [-0.4, -0.2) is 4.98 Å². The van der Waals surface area contributed by atoms with Crippen molar-refractivity contribution in [3.63, 3.8) is 0 Å². The minimum absolute atomic E-state index is 0.600. The molecule has 0 fully saturated rings. The molecule has 0 unspecified atom stereocenters. The second-order valence-corrected chi connectivity index (χ2v) is 5.02. The fraction of sp³-hybridized carbons (Fsp3) is 0.0714. The van der Waals surface area contributed by atoms with Gasteiger partial charge in [-0.1, -0.05) is 24.3 Å². The smallest absolute Gasteiger partial charge is 0.0788 e. The van der Waals surface area contributed by atoms with Gasteiger partial charge < -0.3 is 5.73 Å². The number of benzene rings is 1. The van der Waals surface area contributed by atoms with E-state index < -0.39 is 0 Å². The Morgan fingerprint density at radius 3 is 2.76 bits per heavy atom. The van der Waals surface area contributed by atoms with Gasteiger partial charge in [0.15, 0.2) is 0 Å². The third kappa shape index (κ3) is 1.84. The first-order chi connectivity index (χ1) is 8.38. The summed E-state index contributed by atoms with van der Waals surface area (Å²) in [4.78, 5) is 6.90. The second-order valence-electron chi connectivity index (χ2n) is 3.85. The van der Waals surface area contributed by atoms with Gasteiger partial charge in [0.1, 0.15) is 0 Å². The summed E-state index contributed by atoms with van der Waals surface area (Å²) in [6.45, 7) is 0.600. The van der Waals surface area contributed by atoms with E-state index in [1.165, 1.54) is 20.7 Å². The van der Waals surface area contributed by atoms with Crippen molar-refractivity contribution >= 4 is 22.2 Å². The zero-order chi connectivity index (χ0) is 11.7. The Kier molecular flexibility index (Phi) is 2.63. The van der Waals surface area contributed by atoms with Crippen LogP contribution < -0.4 is 5.73 Å². The summed E-state index contributed by atoms with van der Waals surface area (Å²) in [6.07, 6.45) is 1.84. The van der Waals surface area contributed by atoms with Crippen molar-refractivity contribution in [3.05, 3.63) is 53.5 Å². The Balaban J connectivity index is 2.23. The minimum atomic E-state index is 0.600. The normalized spacial score (nSPS) is 10.9. The highest BCUT2D eigenvalue weighted by molar-refractivity contribution is 7.15. The average molecular weight is 240 g/mol. The maximum atomic E-state index is 5.65. The molecule has 1 aromatic carbocycles. The van der Waals surface area contributed by atoms with Gasteiger partial charge in [-0.15, -0.1) is 11.3 Å². The molecule has 0 aliphatic carbocycles. The number of pyridine rings is 1. The van der Waals surface area contributed by atoms with E-state index >= 15 is 0 Å². The molecule has 0 bridgehead atoms. The molecular weight excluding hydrogens is 228 g/mol. The topological polar surface area (TPSA) is 38.9 Å². The summed E-state index contributed by atoms with van der Waals surface area (Å²) in [5.41, 5.74) is 7.89. The Morgan fingerprint density at radius 2 is 1.94 bits per heavy atom. The number of aromatic nitrogens is 1. The number of hydrogen-bond donors (Lipinski definition) is 1. The lowest BCUT2D eigenvalue weighted by Gasteiger charge is -2.02. The average Bonchev–Trinajstić information content (AvgIpc) is 2.87. The monoisotopic (exact) mass is 240 g/mol. The molecule has 17 heavy (non-hydrogen) atoms. The molecule has 84 valence electrons. The van der Waals surface area contributed by atoms with Crippen LogP contribution >= 0.6 is 11.3 Å². The van der Waals surface area contributed by atoms with E-state index in [-0.39, 0.29) is 0 Å². The molecule has 2 N–H and O–H groups in total. The Hall–Kier alpha value is -1.71. The summed E-state index contributed by atoms with van der Waals surface area (Å²) in [5.74, 6) is 0. The van der Waals surface area contributed by atoms with Crippen LogP contribution in [0.1, 0.15) is 4.88 Å². The van der Waals surface area contributed by atoms with Crippen LogP contribution in [-0.2, 0) is 6.54 Å². The molecule has 0 amide bonds. The van der Waals surface area contributed by atoms with E-state index in [0.29, 0.717) is 6.54 Å². The van der Waals surface area contributed by atoms with Gasteiger partial charge in [0.25, 0.3) is 0 Å². The number of thiophene rings is 1. The summed E-state index contributed by atoms with van der Waals surface area (Å²) < 4.78 is 0. The number of hydrogen-bond acceptors (Lipinski definition) is 3. The van der Waals surface area contributed by atoms with Crippen LogP contribution in [0.25, 0.3) is 21.3 Å². The number of nitrogens with zero attached hydrogens (tertiary/aromatic N) is 1. The van der Waals surface area contributed by atoms with Gasteiger partial charge in [-0.2, -0.15) is 0 Å². The molecule has 3 aromatic rings. The van der Waals surface area contributed by atoms with Crippen LogP contribution in [0.3, 0.4) is 0 Å². The Labute approximate surface area is 104 Å². The highest BCUT2D eigenvalue weighted by atomic mass is 32.1.